The lowest BCUT2D eigenvalue weighted by atomic mass is 9.83. The number of carbonyl (C=O) groups is 2. The highest BCUT2D eigenvalue weighted by molar-refractivity contribution is 5.94. The van der Waals surface area contributed by atoms with E-state index in [1.54, 1.807) is 6.92 Å². The van der Waals surface area contributed by atoms with Gasteiger partial charge in [0.2, 0.25) is 0 Å². The maximum atomic E-state index is 11.3. The molecule has 1 aliphatic carbocycles. The molecule has 0 saturated heterocycles. The van der Waals surface area contributed by atoms with Crippen LogP contribution in [0.5, 0.6) is 0 Å². The van der Waals surface area contributed by atoms with E-state index in [2.05, 4.69) is 4.74 Å². The number of carbonyl (C=O) groups excluding carboxylic acids is 2. The summed E-state index contributed by atoms with van der Waals surface area (Å²) in [6.45, 7) is 1.56. The third-order valence-electron chi connectivity index (χ3n) is 2.61. The summed E-state index contributed by atoms with van der Waals surface area (Å²) in [5.41, 5.74) is 0.807. The van der Waals surface area contributed by atoms with Crippen LogP contribution in [0.4, 0.5) is 0 Å². The Morgan fingerprint density at radius 3 is 2.86 bits per heavy atom. The van der Waals surface area contributed by atoms with E-state index in [4.69, 9.17) is 0 Å². The lowest BCUT2D eigenvalue weighted by Gasteiger charge is -2.21. The zero-order valence-corrected chi connectivity index (χ0v) is 8.71. The van der Waals surface area contributed by atoms with Crippen molar-refractivity contribution in [2.24, 2.45) is 5.92 Å². The monoisotopic (exact) mass is 196 g/mol. The Morgan fingerprint density at radius 2 is 2.29 bits per heavy atom. The SMILES string of the molecule is COC(=O)CC1CCCC=C1C(C)=O. The van der Waals surface area contributed by atoms with Gasteiger partial charge in [-0.1, -0.05) is 6.08 Å². The van der Waals surface area contributed by atoms with Gasteiger partial charge in [0, 0.05) is 0 Å². The van der Waals surface area contributed by atoms with Crippen LogP contribution in [0.1, 0.15) is 32.6 Å². The molecule has 1 aliphatic rings. The van der Waals surface area contributed by atoms with Gasteiger partial charge in [0.05, 0.1) is 13.5 Å². The quantitative estimate of drug-likeness (QED) is 0.647. The third kappa shape index (κ3) is 2.69. The molecule has 1 unspecified atom stereocenters. The van der Waals surface area contributed by atoms with Crippen LogP contribution in [-0.4, -0.2) is 18.9 Å². The average Bonchev–Trinajstić information content (AvgIpc) is 2.18. The van der Waals surface area contributed by atoms with Gasteiger partial charge in [-0.15, -0.1) is 0 Å². The van der Waals surface area contributed by atoms with Crippen molar-refractivity contribution in [2.75, 3.05) is 7.11 Å². The van der Waals surface area contributed by atoms with Crippen LogP contribution in [-0.2, 0) is 14.3 Å². The normalized spacial score (nSPS) is 21.3. The Hall–Kier alpha value is -1.12. The summed E-state index contributed by atoms with van der Waals surface area (Å²) in [5, 5.41) is 0. The average molecular weight is 196 g/mol. The van der Waals surface area contributed by atoms with E-state index >= 15 is 0 Å². The standard InChI is InChI=1S/C11H16O3/c1-8(12)10-6-4-3-5-9(10)7-11(13)14-2/h6,9H,3-5,7H2,1-2H3. The minimum absolute atomic E-state index is 0.0775. The van der Waals surface area contributed by atoms with Gasteiger partial charge in [-0.3, -0.25) is 9.59 Å². The first-order chi connectivity index (χ1) is 6.65. The first-order valence-electron chi connectivity index (χ1n) is 4.93. The molecule has 3 heteroatoms. The minimum atomic E-state index is -0.232. The van der Waals surface area contributed by atoms with Gasteiger partial charge in [-0.25, -0.2) is 0 Å². The molecule has 0 fully saturated rings. The van der Waals surface area contributed by atoms with Crippen molar-refractivity contribution in [3.05, 3.63) is 11.6 Å². The number of ketones is 1. The summed E-state index contributed by atoms with van der Waals surface area (Å²) >= 11 is 0. The van der Waals surface area contributed by atoms with E-state index in [0.29, 0.717) is 6.42 Å². The number of hydrogen-bond donors (Lipinski definition) is 0. The van der Waals surface area contributed by atoms with Crippen LogP contribution >= 0.6 is 0 Å². The van der Waals surface area contributed by atoms with E-state index in [9.17, 15) is 9.59 Å². The summed E-state index contributed by atoms with van der Waals surface area (Å²) in [6, 6.07) is 0. The molecule has 0 radical (unpaired) electrons. The number of ether oxygens (including phenoxy) is 1. The number of Topliss-reactive ketones (excluding diaryl/α,β-unsaturated/α-hetero) is 1. The van der Waals surface area contributed by atoms with Gasteiger partial charge in [-0.05, 0) is 37.7 Å². The topological polar surface area (TPSA) is 43.4 Å². The Bertz CT molecular complexity index is 266. The summed E-state index contributed by atoms with van der Waals surface area (Å²) in [4.78, 5) is 22.3. The van der Waals surface area contributed by atoms with Crippen molar-refractivity contribution in [1.29, 1.82) is 0 Å². The fourth-order valence-electron chi connectivity index (χ4n) is 1.87. The molecule has 0 aromatic carbocycles. The Kier molecular flexibility index (Phi) is 3.86. The van der Waals surface area contributed by atoms with Crippen LogP contribution in [0.3, 0.4) is 0 Å². The zero-order chi connectivity index (χ0) is 10.6. The number of hydrogen-bond acceptors (Lipinski definition) is 3. The molecule has 0 aromatic heterocycles. The molecule has 3 nitrogen and oxygen atoms in total. The largest absolute Gasteiger partial charge is 0.469 e. The molecule has 0 amide bonds. The van der Waals surface area contributed by atoms with Crippen molar-refractivity contribution in [3.8, 4) is 0 Å². The molecule has 1 atom stereocenters. The lowest BCUT2D eigenvalue weighted by Crippen LogP contribution is -2.18. The summed E-state index contributed by atoms with van der Waals surface area (Å²) < 4.78 is 4.60. The van der Waals surface area contributed by atoms with Crippen LogP contribution < -0.4 is 0 Å². The Labute approximate surface area is 84.1 Å². The smallest absolute Gasteiger partial charge is 0.306 e. The van der Waals surface area contributed by atoms with Gasteiger partial charge < -0.3 is 4.74 Å². The number of rotatable bonds is 3. The van der Waals surface area contributed by atoms with Crippen molar-refractivity contribution < 1.29 is 14.3 Å². The van der Waals surface area contributed by atoms with E-state index in [-0.39, 0.29) is 17.7 Å². The van der Waals surface area contributed by atoms with E-state index in [1.807, 2.05) is 6.08 Å². The lowest BCUT2D eigenvalue weighted by molar-refractivity contribution is -0.141. The maximum Gasteiger partial charge on any atom is 0.306 e. The zero-order valence-electron chi connectivity index (χ0n) is 8.71. The molecular formula is C11H16O3. The molecule has 0 spiro atoms. The molecule has 1 rings (SSSR count). The second kappa shape index (κ2) is 4.94. The fraction of sp³-hybridized carbons (Fsp3) is 0.636. The second-order valence-corrected chi connectivity index (χ2v) is 3.62. The predicted molar refractivity (Wildman–Crippen MR) is 52.7 cm³/mol. The van der Waals surface area contributed by atoms with Crippen LogP contribution in [0.2, 0.25) is 0 Å². The highest BCUT2D eigenvalue weighted by atomic mass is 16.5. The molecule has 0 heterocycles. The van der Waals surface area contributed by atoms with E-state index in [1.165, 1.54) is 7.11 Å². The molecule has 0 N–H and O–H groups in total. The molecule has 0 aromatic rings. The van der Waals surface area contributed by atoms with Crippen LogP contribution in [0.25, 0.3) is 0 Å². The molecule has 14 heavy (non-hydrogen) atoms. The first-order valence-corrected chi connectivity index (χ1v) is 4.93. The van der Waals surface area contributed by atoms with Crippen molar-refractivity contribution >= 4 is 11.8 Å². The fourth-order valence-corrected chi connectivity index (χ4v) is 1.87. The summed E-state index contributed by atoms with van der Waals surface area (Å²) in [6.07, 6.45) is 5.22. The Balaban J connectivity index is 2.66. The van der Waals surface area contributed by atoms with Gasteiger partial charge in [0.25, 0.3) is 0 Å². The summed E-state index contributed by atoms with van der Waals surface area (Å²) in [5.74, 6) is -0.0728. The van der Waals surface area contributed by atoms with E-state index in [0.717, 1.165) is 24.8 Å². The highest BCUT2D eigenvalue weighted by Gasteiger charge is 2.23. The van der Waals surface area contributed by atoms with Crippen molar-refractivity contribution in [2.45, 2.75) is 32.6 Å². The van der Waals surface area contributed by atoms with Crippen LogP contribution in [0.15, 0.2) is 11.6 Å². The Morgan fingerprint density at radius 1 is 1.57 bits per heavy atom. The molecule has 78 valence electrons. The second-order valence-electron chi connectivity index (χ2n) is 3.62. The maximum absolute atomic E-state index is 11.3. The molecule has 0 saturated carbocycles. The van der Waals surface area contributed by atoms with Gasteiger partial charge in [0.1, 0.15) is 0 Å². The minimum Gasteiger partial charge on any atom is -0.469 e. The van der Waals surface area contributed by atoms with Crippen molar-refractivity contribution in [1.82, 2.24) is 0 Å². The number of esters is 1. The molecular weight excluding hydrogens is 180 g/mol. The van der Waals surface area contributed by atoms with Gasteiger partial charge in [0.15, 0.2) is 5.78 Å². The van der Waals surface area contributed by atoms with Gasteiger partial charge in [-0.2, -0.15) is 0 Å². The van der Waals surface area contributed by atoms with Crippen molar-refractivity contribution in [3.63, 3.8) is 0 Å². The highest BCUT2D eigenvalue weighted by Crippen LogP contribution is 2.28. The van der Waals surface area contributed by atoms with E-state index < -0.39 is 0 Å². The number of methoxy groups -OCH3 is 1. The summed E-state index contributed by atoms with van der Waals surface area (Å²) in [7, 11) is 1.38. The number of allylic oxidation sites excluding steroid dienone is 2. The first kappa shape index (κ1) is 11.0. The molecule has 0 aliphatic heterocycles. The predicted octanol–water partition coefficient (Wildman–Crippen LogP) is 1.86. The van der Waals surface area contributed by atoms with Crippen LogP contribution in [0, 0.1) is 5.92 Å². The van der Waals surface area contributed by atoms with Gasteiger partial charge >= 0.3 is 5.97 Å². The molecule has 0 bridgehead atoms. The third-order valence-corrected chi connectivity index (χ3v) is 2.61.